The summed E-state index contributed by atoms with van der Waals surface area (Å²) in [6, 6.07) is 0. The number of nitrogens with one attached hydrogen (secondary N) is 2. The molecule has 0 saturated carbocycles. The fraction of sp³-hybridized carbons (Fsp3) is 1.00. The van der Waals surface area contributed by atoms with Gasteiger partial charge in [-0.05, 0) is 38.8 Å². The normalized spacial score (nSPS) is 20.9. The van der Waals surface area contributed by atoms with Crippen LogP contribution in [0, 0.1) is 0 Å². The SMILES string of the molecule is CCCNCCCS(=O)(=O)NCC1CCCO1. The van der Waals surface area contributed by atoms with Crippen molar-refractivity contribution in [3.63, 3.8) is 0 Å². The van der Waals surface area contributed by atoms with Crippen LogP contribution in [0.4, 0.5) is 0 Å². The van der Waals surface area contributed by atoms with E-state index < -0.39 is 10.0 Å². The molecule has 1 atom stereocenters. The van der Waals surface area contributed by atoms with Crippen molar-refractivity contribution in [2.75, 3.05) is 32.0 Å². The Balaban J connectivity index is 2.08. The molecule has 0 aromatic rings. The Morgan fingerprint density at radius 2 is 2.18 bits per heavy atom. The summed E-state index contributed by atoms with van der Waals surface area (Å²) in [6.45, 7) is 4.98. The fourth-order valence-electron chi connectivity index (χ4n) is 1.79. The van der Waals surface area contributed by atoms with Crippen LogP contribution in [0.15, 0.2) is 0 Å². The van der Waals surface area contributed by atoms with E-state index in [1.807, 2.05) is 0 Å². The van der Waals surface area contributed by atoms with Gasteiger partial charge in [0.2, 0.25) is 10.0 Å². The van der Waals surface area contributed by atoms with E-state index in [0.717, 1.165) is 39.0 Å². The molecule has 102 valence electrons. The van der Waals surface area contributed by atoms with Crippen molar-refractivity contribution in [3.05, 3.63) is 0 Å². The van der Waals surface area contributed by atoms with E-state index in [2.05, 4.69) is 17.0 Å². The predicted octanol–water partition coefficient (Wildman–Crippen LogP) is 0.475. The van der Waals surface area contributed by atoms with Gasteiger partial charge >= 0.3 is 0 Å². The first kappa shape index (κ1) is 14.9. The summed E-state index contributed by atoms with van der Waals surface area (Å²) in [4.78, 5) is 0. The lowest BCUT2D eigenvalue weighted by Gasteiger charge is -2.11. The van der Waals surface area contributed by atoms with Crippen molar-refractivity contribution in [1.82, 2.24) is 10.0 Å². The third-order valence-electron chi connectivity index (χ3n) is 2.75. The third-order valence-corrected chi connectivity index (χ3v) is 4.18. The monoisotopic (exact) mass is 264 g/mol. The first-order valence-corrected chi connectivity index (χ1v) is 8.09. The summed E-state index contributed by atoms with van der Waals surface area (Å²) >= 11 is 0. The highest BCUT2D eigenvalue weighted by atomic mass is 32.2. The summed E-state index contributed by atoms with van der Waals surface area (Å²) in [6.07, 6.45) is 3.79. The van der Waals surface area contributed by atoms with E-state index in [1.54, 1.807) is 0 Å². The molecule has 1 saturated heterocycles. The van der Waals surface area contributed by atoms with Gasteiger partial charge < -0.3 is 10.1 Å². The molecule has 2 N–H and O–H groups in total. The minimum Gasteiger partial charge on any atom is -0.377 e. The maximum absolute atomic E-state index is 11.6. The summed E-state index contributed by atoms with van der Waals surface area (Å²) in [5, 5.41) is 3.19. The molecule has 0 radical (unpaired) electrons. The first-order chi connectivity index (χ1) is 8.14. The Bertz CT molecular complexity index is 287. The number of rotatable bonds is 9. The lowest BCUT2D eigenvalue weighted by Crippen LogP contribution is -2.34. The van der Waals surface area contributed by atoms with Gasteiger partial charge in [-0.2, -0.15) is 0 Å². The Morgan fingerprint density at radius 1 is 1.35 bits per heavy atom. The average molecular weight is 264 g/mol. The maximum Gasteiger partial charge on any atom is 0.211 e. The van der Waals surface area contributed by atoms with Crippen LogP contribution in [-0.4, -0.2) is 46.5 Å². The minimum atomic E-state index is -3.13. The van der Waals surface area contributed by atoms with Gasteiger partial charge in [0.1, 0.15) is 0 Å². The average Bonchev–Trinajstić information content (AvgIpc) is 2.79. The molecule has 1 aliphatic heterocycles. The second-order valence-corrected chi connectivity index (χ2v) is 6.33. The molecule has 1 fully saturated rings. The second kappa shape index (κ2) is 8.02. The van der Waals surface area contributed by atoms with Gasteiger partial charge in [0, 0.05) is 13.2 Å². The van der Waals surface area contributed by atoms with E-state index in [-0.39, 0.29) is 11.9 Å². The predicted molar refractivity (Wildman–Crippen MR) is 68.5 cm³/mol. The van der Waals surface area contributed by atoms with Gasteiger partial charge in [-0.1, -0.05) is 6.92 Å². The molecule has 6 heteroatoms. The van der Waals surface area contributed by atoms with Crippen LogP contribution >= 0.6 is 0 Å². The number of ether oxygens (including phenoxy) is 1. The fourth-order valence-corrected chi connectivity index (χ4v) is 2.89. The molecular formula is C11H24N2O3S. The van der Waals surface area contributed by atoms with E-state index >= 15 is 0 Å². The first-order valence-electron chi connectivity index (χ1n) is 6.43. The molecule has 1 rings (SSSR count). The maximum atomic E-state index is 11.6. The van der Waals surface area contributed by atoms with Gasteiger partial charge in [0.25, 0.3) is 0 Å². The largest absolute Gasteiger partial charge is 0.377 e. The Hall–Kier alpha value is -0.170. The topological polar surface area (TPSA) is 67.4 Å². The summed E-state index contributed by atoms with van der Waals surface area (Å²) < 4.78 is 31.2. The highest BCUT2D eigenvalue weighted by Gasteiger charge is 2.18. The van der Waals surface area contributed by atoms with Crippen molar-refractivity contribution in [2.24, 2.45) is 0 Å². The van der Waals surface area contributed by atoms with Crippen molar-refractivity contribution >= 4 is 10.0 Å². The van der Waals surface area contributed by atoms with Crippen molar-refractivity contribution < 1.29 is 13.2 Å². The smallest absolute Gasteiger partial charge is 0.211 e. The van der Waals surface area contributed by atoms with Crippen LogP contribution in [-0.2, 0) is 14.8 Å². The molecule has 1 unspecified atom stereocenters. The molecular weight excluding hydrogens is 240 g/mol. The van der Waals surface area contributed by atoms with Crippen LogP contribution in [0.3, 0.4) is 0 Å². The van der Waals surface area contributed by atoms with Crippen molar-refractivity contribution in [2.45, 2.75) is 38.7 Å². The zero-order valence-electron chi connectivity index (χ0n) is 10.6. The number of hydrogen-bond donors (Lipinski definition) is 2. The van der Waals surface area contributed by atoms with Crippen LogP contribution in [0.1, 0.15) is 32.6 Å². The van der Waals surface area contributed by atoms with Gasteiger partial charge in [-0.15, -0.1) is 0 Å². The van der Waals surface area contributed by atoms with Gasteiger partial charge in [0.05, 0.1) is 11.9 Å². The van der Waals surface area contributed by atoms with Crippen molar-refractivity contribution in [3.8, 4) is 0 Å². The molecule has 0 spiro atoms. The summed E-state index contributed by atoms with van der Waals surface area (Å²) in [7, 11) is -3.13. The Labute approximate surface area is 104 Å². The van der Waals surface area contributed by atoms with Gasteiger partial charge in [-0.3, -0.25) is 0 Å². The quantitative estimate of drug-likeness (QED) is 0.594. The number of sulfonamides is 1. The molecule has 0 amide bonds. The molecule has 0 aromatic heterocycles. The standard InChI is InChI=1S/C11H24N2O3S/c1-2-6-12-7-4-9-17(14,15)13-10-11-5-3-8-16-11/h11-13H,2-10H2,1H3. The van der Waals surface area contributed by atoms with Crippen LogP contribution in [0.25, 0.3) is 0 Å². The lowest BCUT2D eigenvalue weighted by molar-refractivity contribution is 0.114. The molecule has 1 aliphatic rings. The highest BCUT2D eigenvalue weighted by molar-refractivity contribution is 7.89. The minimum absolute atomic E-state index is 0.0722. The van der Waals surface area contributed by atoms with E-state index in [1.165, 1.54) is 0 Å². The lowest BCUT2D eigenvalue weighted by atomic mass is 10.2. The van der Waals surface area contributed by atoms with Crippen LogP contribution in [0.2, 0.25) is 0 Å². The van der Waals surface area contributed by atoms with Crippen LogP contribution < -0.4 is 10.0 Å². The van der Waals surface area contributed by atoms with Gasteiger partial charge in [0.15, 0.2) is 0 Å². The van der Waals surface area contributed by atoms with E-state index in [4.69, 9.17) is 4.74 Å². The van der Waals surface area contributed by atoms with E-state index in [0.29, 0.717) is 13.0 Å². The van der Waals surface area contributed by atoms with Gasteiger partial charge in [-0.25, -0.2) is 13.1 Å². The summed E-state index contributed by atoms with van der Waals surface area (Å²) in [5.41, 5.74) is 0. The molecule has 0 aromatic carbocycles. The zero-order valence-corrected chi connectivity index (χ0v) is 11.4. The highest BCUT2D eigenvalue weighted by Crippen LogP contribution is 2.10. The molecule has 0 aliphatic carbocycles. The molecule has 0 bridgehead atoms. The second-order valence-electron chi connectivity index (χ2n) is 4.41. The third kappa shape index (κ3) is 6.98. The molecule has 5 nitrogen and oxygen atoms in total. The molecule has 17 heavy (non-hydrogen) atoms. The Morgan fingerprint density at radius 3 is 2.82 bits per heavy atom. The van der Waals surface area contributed by atoms with Crippen LogP contribution in [0.5, 0.6) is 0 Å². The zero-order chi connectivity index (χ0) is 12.6. The van der Waals surface area contributed by atoms with Crippen molar-refractivity contribution in [1.29, 1.82) is 0 Å². The number of hydrogen-bond acceptors (Lipinski definition) is 4. The molecule has 1 heterocycles. The summed E-state index contributed by atoms with van der Waals surface area (Å²) in [5.74, 6) is 0.191. The van der Waals surface area contributed by atoms with E-state index in [9.17, 15) is 8.42 Å². The Kier molecular flexibility index (Phi) is 7.03.